The van der Waals surface area contributed by atoms with Crippen molar-refractivity contribution < 1.29 is 14.3 Å². The van der Waals surface area contributed by atoms with E-state index in [0.29, 0.717) is 35.2 Å². The minimum Gasteiger partial charge on any atom is -0.493 e. The van der Waals surface area contributed by atoms with Gasteiger partial charge in [0.2, 0.25) is 0 Å². The maximum atomic E-state index is 11.9. The third-order valence-electron chi connectivity index (χ3n) is 3.62. The fourth-order valence-corrected chi connectivity index (χ4v) is 2.44. The van der Waals surface area contributed by atoms with Crippen molar-refractivity contribution in [3.63, 3.8) is 0 Å². The Labute approximate surface area is 146 Å². The van der Waals surface area contributed by atoms with Gasteiger partial charge >= 0.3 is 6.03 Å². The first-order chi connectivity index (χ1) is 11.5. The molecular formula is C18H21ClN2O3. The lowest BCUT2D eigenvalue weighted by molar-refractivity contribution is 0.252. The molecule has 5 nitrogen and oxygen atoms in total. The largest absolute Gasteiger partial charge is 0.493 e. The Morgan fingerprint density at radius 1 is 1.08 bits per heavy atom. The van der Waals surface area contributed by atoms with Crippen LogP contribution in [0.3, 0.4) is 0 Å². The minimum absolute atomic E-state index is 0.254. The Hall–Kier alpha value is -2.40. The number of urea groups is 1. The van der Waals surface area contributed by atoms with Gasteiger partial charge in [-0.2, -0.15) is 0 Å². The first-order valence-corrected chi connectivity index (χ1v) is 7.93. The minimum atomic E-state index is -0.254. The summed E-state index contributed by atoms with van der Waals surface area (Å²) >= 11 is 5.81. The van der Waals surface area contributed by atoms with E-state index in [1.807, 2.05) is 19.1 Å². The summed E-state index contributed by atoms with van der Waals surface area (Å²) in [7, 11) is 3.22. The second-order valence-corrected chi connectivity index (χ2v) is 5.71. The Morgan fingerprint density at radius 2 is 1.71 bits per heavy atom. The lowest BCUT2D eigenvalue weighted by atomic mass is 10.0. The molecular weight excluding hydrogens is 328 g/mol. The molecule has 2 rings (SSSR count). The molecule has 2 aromatic carbocycles. The van der Waals surface area contributed by atoms with E-state index < -0.39 is 0 Å². The van der Waals surface area contributed by atoms with Gasteiger partial charge in [-0.15, -0.1) is 0 Å². The summed E-state index contributed by atoms with van der Waals surface area (Å²) in [6, 6.07) is 10.6. The van der Waals surface area contributed by atoms with E-state index in [4.69, 9.17) is 21.1 Å². The number of carbonyl (C=O) groups is 1. The molecule has 0 fully saturated rings. The summed E-state index contributed by atoms with van der Waals surface area (Å²) in [5, 5.41) is 6.22. The molecule has 0 spiro atoms. The molecule has 2 amide bonds. The molecule has 0 bridgehead atoms. The molecule has 0 saturated heterocycles. The summed E-state index contributed by atoms with van der Waals surface area (Å²) < 4.78 is 10.6. The van der Waals surface area contributed by atoms with E-state index in [9.17, 15) is 4.79 Å². The highest BCUT2D eigenvalue weighted by atomic mass is 35.5. The van der Waals surface area contributed by atoms with Crippen LogP contribution in [-0.4, -0.2) is 26.8 Å². The molecule has 128 valence electrons. The summed E-state index contributed by atoms with van der Waals surface area (Å²) in [6.45, 7) is 2.51. The third kappa shape index (κ3) is 4.80. The van der Waals surface area contributed by atoms with Gasteiger partial charge in [-0.1, -0.05) is 11.6 Å². The summed E-state index contributed by atoms with van der Waals surface area (Å²) in [4.78, 5) is 11.9. The van der Waals surface area contributed by atoms with Crippen molar-refractivity contribution in [2.24, 2.45) is 0 Å². The van der Waals surface area contributed by atoms with Crippen LogP contribution >= 0.6 is 11.6 Å². The number of carbonyl (C=O) groups excluding carboxylic acids is 1. The van der Waals surface area contributed by atoms with Gasteiger partial charge < -0.3 is 20.1 Å². The van der Waals surface area contributed by atoms with E-state index >= 15 is 0 Å². The number of hydrogen-bond acceptors (Lipinski definition) is 3. The molecule has 0 heterocycles. The SMILES string of the molecule is COc1cc(C)c(CCNC(=O)Nc2ccc(Cl)cc2)cc1OC. The Morgan fingerprint density at radius 3 is 2.33 bits per heavy atom. The number of halogens is 1. The number of aryl methyl sites for hydroxylation is 1. The van der Waals surface area contributed by atoms with Crippen LogP contribution in [0.15, 0.2) is 36.4 Å². The molecule has 2 N–H and O–H groups in total. The molecule has 0 aliphatic heterocycles. The predicted molar refractivity (Wildman–Crippen MR) is 96.5 cm³/mol. The van der Waals surface area contributed by atoms with Crippen LogP contribution in [-0.2, 0) is 6.42 Å². The highest BCUT2D eigenvalue weighted by Gasteiger charge is 2.09. The predicted octanol–water partition coefficient (Wildman–Crippen LogP) is 4.03. The zero-order valence-electron chi connectivity index (χ0n) is 14.0. The molecule has 6 heteroatoms. The Kier molecular flexibility index (Phi) is 6.32. The van der Waals surface area contributed by atoms with E-state index in [1.165, 1.54) is 0 Å². The van der Waals surface area contributed by atoms with Crippen molar-refractivity contribution in [3.05, 3.63) is 52.5 Å². The van der Waals surface area contributed by atoms with E-state index in [2.05, 4.69) is 10.6 Å². The second kappa shape index (κ2) is 8.45. The van der Waals surface area contributed by atoms with Crippen LogP contribution in [0.2, 0.25) is 5.02 Å². The number of ether oxygens (including phenoxy) is 2. The highest BCUT2D eigenvalue weighted by molar-refractivity contribution is 6.30. The van der Waals surface area contributed by atoms with Gasteiger partial charge in [-0.25, -0.2) is 4.79 Å². The summed E-state index contributed by atoms with van der Waals surface area (Å²) in [5.74, 6) is 1.39. The van der Waals surface area contributed by atoms with Gasteiger partial charge in [-0.05, 0) is 60.9 Å². The monoisotopic (exact) mass is 348 g/mol. The van der Waals surface area contributed by atoms with Crippen LogP contribution in [0, 0.1) is 6.92 Å². The highest BCUT2D eigenvalue weighted by Crippen LogP contribution is 2.30. The maximum Gasteiger partial charge on any atom is 0.319 e. The number of rotatable bonds is 6. The Balaban J connectivity index is 1.89. The lowest BCUT2D eigenvalue weighted by Crippen LogP contribution is -2.30. The van der Waals surface area contributed by atoms with Gasteiger partial charge in [0.25, 0.3) is 0 Å². The quantitative estimate of drug-likeness (QED) is 0.828. The molecule has 0 aliphatic carbocycles. The average Bonchev–Trinajstić information content (AvgIpc) is 2.58. The van der Waals surface area contributed by atoms with Crippen LogP contribution in [0.1, 0.15) is 11.1 Å². The molecule has 0 aliphatic rings. The van der Waals surface area contributed by atoms with Gasteiger partial charge in [0, 0.05) is 17.3 Å². The molecule has 24 heavy (non-hydrogen) atoms. The third-order valence-corrected chi connectivity index (χ3v) is 3.88. The van der Waals surface area contributed by atoms with E-state index in [0.717, 1.165) is 11.1 Å². The van der Waals surface area contributed by atoms with Crippen molar-refractivity contribution in [1.82, 2.24) is 5.32 Å². The standard InChI is InChI=1S/C18H21ClN2O3/c1-12-10-16(23-2)17(24-3)11-13(12)8-9-20-18(22)21-15-6-4-14(19)5-7-15/h4-7,10-11H,8-9H2,1-3H3,(H2,20,21,22). The number of benzene rings is 2. The van der Waals surface area contributed by atoms with Gasteiger partial charge in [0.1, 0.15) is 0 Å². The topological polar surface area (TPSA) is 59.6 Å². The van der Waals surface area contributed by atoms with E-state index in [1.54, 1.807) is 38.5 Å². The van der Waals surface area contributed by atoms with Crippen LogP contribution in [0.25, 0.3) is 0 Å². The smallest absolute Gasteiger partial charge is 0.319 e. The second-order valence-electron chi connectivity index (χ2n) is 5.27. The van der Waals surface area contributed by atoms with Crippen molar-refractivity contribution in [1.29, 1.82) is 0 Å². The molecule has 0 saturated carbocycles. The van der Waals surface area contributed by atoms with Crippen molar-refractivity contribution >= 4 is 23.3 Å². The zero-order chi connectivity index (χ0) is 17.5. The number of anilines is 1. The normalized spacial score (nSPS) is 10.2. The summed E-state index contributed by atoms with van der Waals surface area (Å²) in [6.07, 6.45) is 0.695. The van der Waals surface area contributed by atoms with Crippen LogP contribution < -0.4 is 20.1 Å². The van der Waals surface area contributed by atoms with Gasteiger partial charge in [0.05, 0.1) is 14.2 Å². The lowest BCUT2D eigenvalue weighted by Gasteiger charge is -2.13. The Bertz CT molecular complexity index is 702. The summed E-state index contributed by atoms with van der Waals surface area (Å²) in [5.41, 5.74) is 2.88. The van der Waals surface area contributed by atoms with Crippen molar-refractivity contribution in [2.45, 2.75) is 13.3 Å². The molecule has 2 aromatic rings. The molecule has 0 aromatic heterocycles. The number of amides is 2. The molecule has 0 atom stereocenters. The average molecular weight is 349 g/mol. The number of hydrogen-bond donors (Lipinski definition) is 2. The first-order valence-electron chi connectivity index (χ1n) is 7.55. The number of nitrogens with one attached hydrogen (secondary N) is 2. The van der Waals surface area contributed by atoms with E-state index in [-0.39, 0.29) is 6.03 Å². The van der Waals surface area contributed by atoms with Crippen LogP contribution in [0.4, 0.5) is 10.5 Å². The molecule has 0 radical (unpaired) electrons. The van der Waals surface area contributed by atoms with Crippen LogP contribution in [0.5, 0.6) is 11.5 Å². The first kappa shape index (κ1) is 17.9. The zero-order valence-corrected chi connectivity index (χ0v) is 14.7. The number of methoxy groups -OCH3 is 2. The van der Waals surface area contributed by atoms with Gasteiger partial charge in [0.15, 0.2) is 11.5 Å². The fraction of sp³-hybridized carbons (Fsp3) is 0.278. The fourth-order valence-electron chi connectivity index (χ4n) is 2.31. The van der Waals surface area contributed by atoms with Crippen molar-refractivity contribution in [3.8, 4) is 11.5 Å². The van der Waals surface area contributed by atoms with Crippen molar-refractivity contribution in [2.75, 3.05) is 26.1 Å². The van der Waals surface area contributed by atoms with Gasteiger partial charge in [-0.3, -0.25) is 0 Å². The maximum absolute atomic E-state index is 11.9. The molecule has 0 unspecified atom stereocenters.